The lowest BCUT2D eigenvalue weighted by atomic mass is 9.85. The SMILES string of the molecule is CC1(c2cc(Nc3nccc4cc(Cl)cnc34)cc(F)c2F)CC(C(F)(F)F)OC(N)=N1. The summed E-state index contributed by atoms with van der Waals surface area (Å²) >= 11 is 5.94. The quantitative estimate of drug-likeness (QED) is 0.514. The van der Waals surface area contributed by atoms with Crippen LogP contribution in [0, 0.1) is 11.6 Å². The molecule has 0 amide bonds. The van der Waals surface area contributed by atoms with Crippen LogP contribution in [0.2, 0.25) is 5.02 Å². The number of hydrogen-bond donors (Lipinski definition) is 2. The fourth-order valence-corrected chi connectivity index (χ4v) is 3.70. The molecule has 3 N–H and O–H groups in total. The maximum atomic E-state index is 14.7. The van der Waals surface area contributed by atoms with Gasteiger partial charge in [-0.3, -0.25) is 4.98 Å². The van der Waals surface area contributed by atoms with E-state index in [-0.39, 0.29) is 11.5 Å². The summed E-state index contributed by atoms with van der Waals surface area (Å²) in [5.41, 5.74) is 3.61. The van der Waals surface area contributed by atoms with Crippen LogP contribution in [0.25, 0.3) is 10.9 Å². The Morgan fingerprint density at radius 1 is 1.22 bits per heavy atom. The van der Waals surface area contributed by atoms with Crippen LogP contribution in [-0.4, -0.2) is 28.3 Å². The highest BCUT2D eigenvalue weighted by molar-refractivity contribution is 6.31. The summed E-state index contributed by atoms with van der Waals surface area (Å²) in [7, 11) is 0. The maximum Gasteiger partial charge on any atom is 0.425 e. The Morgan fingerprint density at radius 2 is 1.97 bits per heavy atom. The van der Waals surface area contributed by atoms with E-state index in [1.54, 1.807) is 12.1 Å². The van der Waals surface area contributed by atoms with Crippen molar-refractivity contribution in [2.75, 3.05) is 5.32 Å². The van der Waals surface area contributed by atoms with Gasteiger partial charge in [-0.15, -0.1) is 0 Å². The molecule has 1 aliphatic rings. The number of aliphatic imine (C=N–C) groups is 1. The number of ether oxygens (including phenoxy) is 1. The van der Waals surface area contributed by atoms with E-state index in [1.165, 1.54) is 19.3 Å². The van der Waals surface area contributed by atoms with Crippen LogP contribution in [0.5, 0.6) is 0 Å². The summed E-state index contributed by atoms with van der Waals surface area (Å²) in [6, 6.07) is 4.55. The first-order valence-corrected chi connectivity index (χ1v) is 9.59. The fraction of sp³-hybridized carbons (Fsp3) is 0.250. The zero-order valence-corrected chi connectivity index (χ0v) is 17.1. The van der Waals surface area contributed by atoms with Crippen LogP contribution >= 0.6 is 11.6 Å². The lowest BCUT2D eigenvalue weighted by Gasteiger charge is -2.36. The van der Waals surface area contributed by atoms with Crippen LogP contribution in [0.15, 0.2) is 41.7 Å². The fourth-order valence-electron chi connectivity index (χ4n) is 3.53. The second-order valence-electron chi connectivity index (χ2n) is 7.41. The number of pyridine rings is 2. The molecule has 2 atom stereocenters. The van der Waals surface area contributed by atoms with Crippen molar-refractivity contribution in [1.82, 2.24) is 9.97 Å². The summed E-state index contributed by atoms with van der Waals surface area (Å²) in [6.45, 7) is 1.22. The average Bonchev–Trinajstić information content (AvgIpc) is 2.69. The van der Waals surface area contributed by atoms with Gasteiger partial charge in [-0.25, -0.2) is 18.8 Å². The first-order chi connectivity index (χ1) is 15.0. The molecule has 0 saturated carbocycles. The molecule has 3 aromatic rings. The van der Waals surface area contributed by atoms with Crippen LogP contribution in [-0.2, 0) is 10.3 Å². The minimum atomic E-state index is -4.77. The van der Waals surface area contributed by atoms with Crippen molar-refractivity contribution in [3.8, 4) is 0 Å². The predicted octanol–water partition coefficient (Wildman–Crippen LogP) is 5.19. The van der Waals surface area contributed by atoms with Crippen LogP contribution in [0.1, 0.15) is 18.9 Å². The number of fused-ring (bicyclic) bond motifs is 1. The number of nitrogens with zero attached hydrogens (tertiary/aromatic N) is 3. The number of amidine groups is 1. The number of aromatic nitrogens is 2. The summed E-state index contributed by atoms with van der Waals surface area (Å²) in [4.78, 5) is 12.2. The van der Waals surface area contributed by atoms with Gasteiger partial charge in [-0.2, -0.15) is 13.2 Å². The molecule has 1 aliphatic heterocycles. The third kappa shape index (κ3) is 4.12. The third-order valence-electron chi connectivity index (χ3n) is 5.00. The van der Waals surface area contributed by atoms with Crippen LogP contribution < -0.4 is 11.1 Å². The van der Waals surface area contributed by atoms with Gasteiger partial charge in [0.15, 0.2) is 23.6 Å². The van der Waals surface area contributed by atoms with Gasteiger partial charge in [0.2, 0.25) is 0 Å². The molecule has 12 heteroatoms. The van der Waals surface area contributed by atoms with E-state index in [0.29, 0.717) is 15.9 Å². The summed E-state index contributed by atoms with van der Waals surface area (Å²) < 4.78 is 73.5. The van der Waals surface area contributed by atoms with Crippen molar-refractivity contribution in [2.24, 2.45) is 10.7 Å². The van der Waals surface area contributed by atoms with Gasteiger partial charge in [0.1, 0.15) is 5.52 Å². The number of halogens is 6. The first kappa shape index (κ1) is 22.0. The zero-order chi connectivity index (χ0) is 23.3. The van der Waals surface area contributed by atoms with Crippen LogP contribution in [0.3, 0.4) is 0 Å². The molecule has 0 aliphatic carbocycles. The molecule has 4 rings (SSSR count). The molecular formula is C20H15ClF5N5O. The Balaban J connectivity index is 1.77. The Morgan fingerprint density at radius 3 is 2.69 bits per heavy atom. The van der Waals surface area contributed by atoms with E-state index in [0.717, 1.165) is 12.1 Å². The normalized spacial score (nSPS) is 21.2. The van der Waals surface area contributed by atoms with Gasteiger partial charge in [0.05, 0.1) is 10.6 Å². The average molecular weight is 472 g/mol. The van der Waals surface area contributed by atoms with E-state index in [9.17, 15) is 22.0 Å². The molecule has 0 saturated heterocycles. The molecule has 0 spiro atoms. The number of hydrogen-bond acceptors (Lipinski definition) is 6. The monoisotopic (exact) mass is 471 g/mol. The molecule has 6 nitrogen and oxygen atoms in total. The minimum Gasteiger partial charge on any atom is -0.452 e. The van der Waals surface area contributed by atoms with Crippen molar-refractivity contribution in [3.05, 3.63) is 58.9 Å². The molecule has 0 fully saturated rings. The van der Waals surface area contributed by atoms with E-state index in [4.69, 9.17) is 17.3 Å². The van der Waals surface area contributed by atoms with Gasteiger partial charge in [0.25, 0.3) is 6.02 Å². The molecule has 168 valence electrons. The number of benzene rings is 1. The van der Waals surface area contributed by atoms with Crippen molar-refractivity contribution < 1.29 is 26.7 Å². The van der Waals surface area contributed by atoms with Gasteiger partial charge in [0, 0.05) is 41.5 Å². The smallest absolute Gasteiger partial charge is 0.425 e. The molecule has 3 heterocycles. The predicted molar refractivity (Wildman–Crippen MR) is 109 cm³/mol. The van der Waals surface area contributed by atoms with Crippen molar-refractivity contribution in [2.45, 2.75) is 31.2 Å². The third-order valence-corrected chi connectivity index (χ3v) is 5.21. The highest BCUT2D eigenvalue weighted by Crippen LogP contribution is 2.42. The Bertz CT molecular complexity index is 1230. The lowest BCUT2D eigenvalue weighted by Crippen LogP contribution is -2.46. The molecule has 2 unspecified atom stereocenters. The minimum absolute atomic E-state index is 0.0284. The van der Waals surface area contributed by atoms with Gasteiger partial charge in [-0.1, -0.05) is 11.6 Å². The van der Waals surface area contributed by atoms with Gasteiger partial charge in [-0.05, 0) is 25.1 Å². The van der Waals surface area contributed by atoms with E-state index in [2.05, 4.69) is 25.0 Å². The number of rotatable bonds is 3. The van der Waals surface area contributed by atoms with E-state index in [1.807, 2.05) is 0 Å². The summed E-state index contributed by atoms with van der Waals surface area (Å²) in [5.74, 6) is -2.41. The molecule has 0 bridgehead atoms. The van der Waals surface area contributed by atoms with Gasteiger partial charge < -0.3 is 15.8 Å². The second kappa shape index (κ2) is 7.73. The number of alkyl halides is 3. The topological polar surface area (TPSA) is 85.4 Å². The molecule has 0 radical (unpaired) electrons. The second-order valence-corrected chi connectivity index (χ2v) is 7.84. The molecule has 32 heavy (non-hydrogen) atoms. The molecule has 1 aromatic carbocycles. The standard InChI is InChI=1S/C20H15ClF5N5O/c1-19(7-14(20(24,25)26)32-18(27)31-19)12-5-11(6-13(22)15(12)23)30-17-16-9(2-3-28-17)4-10(21)8-29-16/h2-6,8,14H,7H2,1H3,(H2,27,31)(H,28,30). The molecule has 2 aromatic heterocycles. The lowest BCUT2D eigenvalue weighted by molar-refractivity contribution is -0.208. The number of anilines is 2. The van der Waals surface area contributed by atoms with E-state index < -0.39 is 47.5 Å². The Kier molecular flexibility index (Phi) is 5.32. The summed E-state index contributed by atoms with van der Waals surface area (Å²) in [6.07, 6.45) is -5.03. The zero-order valence-electron chi connectivity index (χ0n) is 16.3. The maximum absolute atomic E-state index is 14.7. The largest absolute Gasteiger partial charge is 0.452 e. The Hall–Kier alpha value is -3.21. The number of nitrogens with one attached hydrogen (secondary N) is 1. The van der Waals surface area contributed by atoms with Crippen molar-refractivity contribution in [3.63, 3.8) is 0 Å². The number of nitrogens with two attached hydrogens (primary N) is 1. The summed E-state index contributed by atoms with van der Waals surface area (Å²) in [5, 5.41) is 3.86. The molecular weight excluding hydrogens is 457 g/mol. The van der Waals surface area contributed by atoms with E-state index >= 15 is 0 Å². The highest BCUT2D eigenvalue weighted by Gasteiger charge is 2.50. The van der Waals surface area contributed by atoms with Gasteiger partial charge >= 0.3 is 6.18 Å². The van der Waals surface area contributed by atoms with Crippen LogP contribution in [0.4, 0.5) is 33.5 Å². The first-order valence-electron chi connectivity index (χ1n) is 9.22. The Labute approximate surface area is 183 Å². The highest BCUT2D eigenvalue weighted by atomic mass is 35.5. The van der Waals surface area contributed by atoms with Crippen molar-refractivity contribution >= 4 is 40.0 Å². The van der Waals surface area contributed by atoms with Crippen molar-refractivity contribution in [1.29, 1.82) is 0 Å².